The SMILES string of the molecule is COC(=O)CCCCCCCCC(=O)N1C[C@](C)(CO)[C@]2(CO2)C1. The van der Waals surface area contributed by atoms with E-state index in [1.165, 1.54) is 7.11 Å². The van der Waals surface area contributed by atoms with Crippen LogP contribution in [0.15, 0.2) is 0 Å². The van der Waals surface area contributed by atoms with Crippen LogP contribution in [-0.2, 0) is 19.1 Å². The van der Waals surface area contributed by atoms with Gasteiger partial charge in [0.2, 0.25) is 5.91 Å². The molecular weight excluding hydrogens is 310 g/mol. The third-order valence-electron chi connectivity index (χ3n) is 5.53. The summed E-state index contributed by atoms with van der Waals surface area (Å²) in [6.45, 7) is 3.93. The first-order valence-corrected chi connectivity index (χ1v) is 9.06. The predicted octanol–water partition coefficient (Wildman–Crippen LogP) is 1.89. The summed E-state index contributed by atoms with van der Waals surface area (Å²) in [5.41, 5.74) is -0.612. The molecular formula is C18H31NO5. The number of methoxy groups -OCH3 is 1. The van der Waals surface area contributed by atoms with Crippen LogP contribution in [-0.4, -0.2) is 60.9 Å². The van der Waals surface area contributed by atoms with Gasteiger partial charge in [0.1, 0.15) is 5.60 Å². The highest BCUT2D eigenvalue weighted by atomic mass is 16.6. The molecule has 0 unspecified atom stereocenters. The Balaban J connectivity index is 1.54. The molecule has 2 fully saturated rings. The van der Waals surface area contributed by atoms with E-state index in [1.807, 2.05) is 11.8 Å². The van der Waals surface area contributed by atoms with Gasteiger partial charge in [-0.3, -0.25) is 9.59 Å². The van der Waals surface area contributed by atoms with Gasteiger partial charge in [-0.1, -0.05) is 32.6 Å². The number of carbonyl (C=O) groups excluding carboxylic acids is 2. The van der Waals surface area contributed by atoms with Gasteiger partial charge in [0.25, 0.3) is 0 Å². The van der Waals surface area contributed by atoms with Gasteiger partial charge in [0.15, 0.2) is 0 Å². The quantitative estimate of drug-likeness (QED) is 0.373. The van der Waals surface area contributed by atoms with E-state index >= 15 is 0 Å². The fraction of sp³-hybridized carbons (Fsp3) is 0.889. The number of hydrogen-bond donors (Lipinski definition) is 1. The van der Waals surface area contributed by atoms with E-state index in [-0.39, 0.29) is 29.5 Å². The van der Waals surface area contributed by atoms with Gasteiger partial charge in [0, 0.05) is 24.8 Å². The van der Waals surface area contributed by atoms with Crippen molar-refractivity contribution in [3.63, 3.8) is 0 Å². The number of carbonyl (C=O) groups is 2. The molecule has 0 aliphatic carbocycles. The van der Waals surface area contributed by atoms with Crippen molar-refractivity contribution in [2.45, 2.75) is 63.9 Å². The summed E-state index contributed by atoms with van der Waals surface area (Å²) >= 11 is 0. The lowest BCUT2D eigenvalue weighted by atomic mass is 9.81. The van der Waals surface area contributed by atoms with Crippen molar-refractivity contribution in [3.05, 3.63) is 0 Å². The molecule has 6 nitrogen and oxygen atoms in total. The fourth-order valence-corrected chi connectivity index (χ4v) is 3.53. The number of amides is 1. The van der Waals surface area contributed by atoms with Crippen molar-refractivity contribution in [2.75, 3.05) is 33.4 Å². The molecule has 2 aliphatic heterocycles. The topological polar surface area (TPSA) is 79.4 Å². The molecule has 1 amide bonds. The second kappa shape index (κ2) is 8.30. The van der Waals surface area contributed by atoms with Crippen molar-refractivity contribution in [2.24, 2.45) is 5.41 Å². The average Bonchev–Trinajstić information content (AvgIpc) is 3.30. The van der Waals surface area contributed by atoms with Gasteiger partial charge in [-0.2, -0.15) is 0 Å². The van der Waals surface area contributed by atoms with Crippen LogP contribution in [0.1, 0.15) is 58.3 Å². The van der Waals surface area contributed by atoms with Crippen LogP contribution in [0, 0.1) is 5.41 Å². The van der Waals surface area contributed by atoms with E-state index in [4.69, 9.17) is 4.74 Å². The molecule has 24 heavy (non-hydrogen) atoms. The highest BCUT2D eigenvalue weighted by molar-refractivity contribution is 5.77. The van der Waals surface area contributed by atoms with Gasteiger partial charge in [-0.15, -0.1) is 0 Å². The zero-order chi connectivity index (χ0) is 17.6. The Morgan fingerprint density at radius 3 is 2.17 bits per heavy atom. The van der Waals surface area contributed by atoms with Crippen LogP contribution < -0.4 is 0 Å². The summed E-state index contributed by atoms with van der Waals surface area (Å²) in [4.78, 5) is 25.2. The molecule has 2 rings (SSSR count). The summed E-state index contributed by atoms with van der Waals surface area (Å²) in [7, 11) is 1.42. The lowest BCUT2D eigenvalue weighted by molar-refractivity contribution is -0.140. The number of ether oxygens (including phenoxy) is 2. The minimum absolute atomic E-state index is 0.0579. The number of hydrogen-bond acceptors (Lipinski definition) is 5. The molecule has 1 N–H and O–H groups in total. The van der Waals surface area contributed by atoms with Gasteiger partial charge >= 0.3 is 5.97 Å². The van der Waals surface area contributed by atoms with Crippen LogP contribution in [0.5, 0.6) is 0 Å². The predicted molar refractivity (Wildman–Crippen MR) is 89.4 cm³/mol. The van der Waals surface area contributed by atoms with E-state index in [2.05, 4.69) is 4.74 Å². The Labute approximate surface area is 144 Å². The van der Waals surface area contributed by atoms with Crippen molar-refractivity contribution >= 4 is 11.9 Å². The summed E-state index contributed by atoms with van der Waals surface area (Å²) < 4.78 is 10.2. The van der Waals surface area contributed by atoms with Crippen LogP contribution in [0.3, 0.4) is 0 Å². The van der Waals surface area contributed by atoms with E-state index < -0.39 is 0 Å². The average molecular weight is 341 g/mol. The summed E-state index contributed by atoms with van der Waals surface area (Å²) in [6, 6.07) is 0. The summed E-state index contributed by atoms with van der Waals surface area (Å²) in [6.07, 6.45) is 7.10. The molecule has 2 heterocycles. The lowest BCUT2D eigenvalue weighted by Crippen LogP contribution is -2.37. The molecule has 2 aliphatic rings. The number of esters is 1. The molecule has 0 aromatic heterocycles. The number of nitrogens with zero attached hydrogens (tertiary/aromatic N) is 1. The van der Waals surface area contributed by atoms with Gasteiger partial charge in [-0.25, -0.2) is 0 Å². The maximum absolute atomic E-state index is 12.3. The highest BCUT2D eigenvalue weighted by Crippen LogP contribution is 2.50. The first kappa shape index (κ1) is 19.2. The van der Waals surface area contributed by atoms with Crippen LogP contribution in [0.4, 0.5) is 0 Å². The Morgan fingerprint density at radius 2 is 1.67 bits per heavy atom. The molecule has 2 atom stereocenters. The number of aliphatic hydroxyl groups excluding tert-OH is 1. The second-order valence-corrected chi connectivity index (χ2v) is 7.45. The van der Waals surface area contributed by atoms with E-state index in [9.17, 15) is 14.7 Å². The number of epoxide rings is 1. The molecule has 0 bridgehead atoms. The maximum Gasteiger partial charge on any atom is 0.305 e. The Morgan fingerprint density at radius 1 is 1.08 bits per heavy atom. The van der Waals surface area contributed by atoms with Crippen molar-refractivity contribution in [3.8, 4) is 0 Å². The van der Waals surface area contributed by atoms with E-state index in [0.717, 1.165) is 38.5 Å². The van der Waals surface area contributed by atoms with Crippen molar-refractivity contribution in [1.29, 1.82) is 0 Å². The zero-order valence-electron chi connectivity index (χ0n) is 15.0. The van der Waals surface area contributed by atoms with Crippen LogP contribution >= 0.6 is 0 Å². The minimum Gasteiger partial charge on any atom is -0.469 e. The molecule has 138 valence electrons. The maximum atomic E-state index is 12.3. The smallest absolute Gasteiger partial charge is 0.305 e. The normalized spacial score (nSPS) is 28.4. The van der Waals surface area contributed by atoms with Gasteiger partial charge in [0.05, 0.1) is 26.9 Å². The van der Waals surface area contributed by atoms with Gasteiger partial charge in [-0.05, 0) is 12.8 Å². The molecule has 0 aromatic carbocycles. The molecule has 1 spiro atoms. The Kier molecular flexibility index (Phi) is 6.63. The summed E-state index contributed by atoms with van der Waals surface area (Å²) in [5, 5.41) is 9.62. The highest BCUT2D eigenvalue weighted by Gasteiger charge is 2.64. The Bertz CT molecular complexity index is 449. The minimum atomic E-state index is -0.317. The molecule has 0 radical (unpaired) electrons. The van der Waals surface area contributed by atoms with Gasteiger partial charge < -0.3 is 19.5 Å². The third-order valence-corrected chi connectivity index (χ3v) is 5.53. The molecule has 0 saturated carbocycles. The number of rotatable bonds is 10. The first-order chi connectivity index (χ1) is 11.5. The largest absolute Gasteiger partial charge is 0.469 e. The van der Waals surface area contributed by atoms with E-state index in [1.54, 1.807) is 0 Å². The number of unbranched alkanes of at least 4 members (excludes halogenated alkanes) is 5. The second-order valence-electron chi connectivity index (χ2n) is 7.45. The zero-order valence-corrected chi connectivity index (χ0v) is 15.0. The van der Waals surface area contributed by atoms with E-state index in [0.29, 0.717) is 32.5 Å². The fourth-order valence-electron chi connectivity index (χ4n) is 3.53. The standard InChI is InChI=1S/C18H31NO5/c1-17(13-20)11-19(12-18(17)14-24-18)15(21)9-7-5-3-4-6-8-10-16(22)23-2/h20H,3-14H2,1-2H3/t17-,18-/m1/s1. The summed E-state index contributed by atoms with van der Waals surface area (Å²) in [5.74, 6) is 0.0336. The molecule has 0 aromatic rings. The molecule has 2 saturated heterocycles. The lowest BCUT2D eigenvalue weighted by Gasteiger charge is -2.24. The van der Waals surface area contributed by atoms with Crippen molar-refractivity contribution in [1.82, 2.24) is 4.90 Å². The van der Waals surface area contributed by atoms with Crippen LogP contribution in [0.25, 0.3) is 0 Å². The third kappa shape index (κ3) is 4.48. The number of likely N-dealkylation sites (tertiary alicyclic amines) is 1. The first-order valence-electron chi connectivity index (χ1n) is 9.06. The monoisotopic (exact) mass is 341 g/mol. The van der Waals surface area contributed by atoms with Crippen LogP contribution in [0.2, 0.25) is 0 Å². The Hall–Kier alpha value is -1.14. The molecule has 6 heteroatoms. The number of aliphatic hydroxyl groups is 1. The van der Waals surface area contributed by atoms with Crippen molar-refractivity contribution < 1.29 is 24.2 Å².